The Bertz CT molecular complexity index is 705. The highest BCUT2D eigenvalue weighted by Gasteiger charge is 2.35. The minimum atomic E-state index is -3.54. The van der Waals surface area contributed by atoms with E-state index in [1.54, 1.807) is 42.8 Å². The average Bonchev–Trinajstić information content (AvgIpc) is 2.68. The van der Waals surface area contributed by atoms with E-state index in [1.807, 2.05) is 6.92 Å². The Labute approximate surface area is 162 Å². The van der Waals surface area contributed by atoms with E-state index in [-0.39, 0.29) is 22.6 Å². The number of carbonyl (C=O) groups excluding carboxylic acids is 1. The van der Waals surface area contributed by atoms with Crippen LogP contribution in [0.25, 0.3) is 0 Å². The van der Waals surface area contributed by atoms with Crippen molar-refractivity contribution in [2.45, 2.75) is 31.1 Å². The van der Waals surface area contributed by atoms with Crippen LogP contribution < -0.4 is 10.1 Å². The lowest BCUT2D eigenvalue weighted by Crippen LogP contribution is -2.44. The molecule has 7 nitrogen and oxygen atoms in total. The van der Waals surface area contributed by atoms with E-state index in [9.17, 15) is 13.2 Å². The van der Waals surface area contributed by atoms with E-state index in [1.165, 1.54) is 0 Å². The third kappa shape index (κ3) is 5.67. The fourth-order valence-corrected chi connectivity index (χ4v) is 5.01. The maximum atomic E-state index is 12.9. The summed E-state index contributed by atoms with van der Waals surface area (Å²) in [6.45, 7) is 3.91. The molecule has 8 heteroatoms. The molecule has 1 aliphatic heterocycles. The van der Waals surface area contributed by atoms with Gasteiger partial charge in [0.1, 0.15) is 5.75 Å². The third-order valence-corrected chi connectivity index (χ3v) is 7.03. The number of benzene rings is 1. The molecule has 0 spiro atoms. The highest BCUT2D eigenvalue weighted by atomic mass is 32.2. The monoisotopic (exact) mass is 398 g/mol. The van der Waals surface area contributed by atoms with Gasteiger partial charge in [-0.15, -0.1) is 0 Å². The average molecular weight is 399 g/mol. The maximum absolute atomic E-state index is 12.9. The Kier molecular flexibility index (Phi) is 8.07. The van der Waals surface area contributed by atoms with Crippen LogP contribution in [-0.4, -0.2) is 59.1 Å². The van der Waals surface area contributed by atoms with Crippen molar-refractivity contribution in [3.63, 3.8) is 0 Å². The van der Waals surface area contributed by atoms with E-state index in [0.717, 1.165) is 6.42 Å². The Morgan fingerprint density at radius 2 is 1.93 bits per heavy atom. The lowest BCUT2D eigenvalue weighted by molar-refractivity contribution is -0.123. The molecule has 27 heavy (non-hydrogen) atoms. The number of hydrogen-bond acceptors (Lipinski definition) is 5. The van der Waals surface area contributed by atoms with Gasteiger partial charge in [0.2, 0.25) is 15.9 Å². The summed E-state index contributed by atoms with van der Waals surface area (Å²) < 4.78 is 37.5. The van der Waals surface area contributed by atoms with Crippen LogP contribution in [-0.2, 0) is 19.6 Å². The fraction of sp³-hybridized carbons (Fsp3) is 0.632. The maximum Gasteiger partial charge on any atom is 0.243 e. The Morgan fingerprint density at radius 3 is 2.52 bits per heavy atom. The standard InChI is InChI=1S/C19H30N2O5S/c1-4-15-14-21(11-9-16(15)13-19(22)20-10-12-25-2)27(23,24)18-7-5-17(26-3)6-8-18/h5-8,15-16H,4,9-14H2,1-3H3,(H,20,22)/t15-,16+/m1/s1. The second-order valence-electron chi connectivity index (χ2n) is 6.80. The lowest BCUT2D eigenvalue weighted by Gasteiger charge is -2.37. The third-order valence-electron chi connectivity index (χ3n) is 5.15. The lowest BCUT2D eigenvalue weighted by atomic mass is 9.82. The smallest absolute Gasteiger partial charge is 0.243 e. The Morgan fingerprint density at radius 1 is 1.22 bits per heavy atom. The van der Waals surface area contributed by atoms with E-state index < -0.39 is 10.0 Å². The number of hydrogen-bond donors (Lipinski definition) is 1. The molecule has 1 aromatic carbocycles. The molecule has 0 unspecified atom stereocenters. The number of methoxy groups -OCH3 is 2. The number of sulfonamides is 1. The molecule has 2 rings (SSSR count). The number of piperidine rings is 1. The van der Waals surface area contributed by atoms with Gasteiger partial charge in [-0.3, -0.25) is 4.79 Å². The van der Waals surface area contributed by atoms with Crippen LogP contribution in [0.5, 0.6) is 5.75 Å². The number of ether oxygens (including phenoxy) is 2. The van der Waals surface area contributed by atoms with Crippen molar-refractivity contribution >= 4 is 15.9 Å². The van der Waals surface area contributed by atoms with Gasteiger partial charge >= 0.3 is 0 Å². The van der Waals surface area contributed by atoms with Gasteiger partial charge < -0.3 is 14.8 Å². The Hall–Kier alpha value is -1.64. The molecular formula is C19H30N2O5S. The van der Waals surface area contributed by atoms with Crippen LogP contribution in [0.3, 0.4) is 0 Å². The minimum Gasteiger partial charge on any atom is -0.497 e. The first-order chi connectivity index (χ1) is 12.9. The molecular weight excluding hydrogens is 368 g/mol. The van der Waals surface area contributed by atoms with Gasteiger partial charge in [0.25, 0.3) is 0 Å². The van der Waals surface area contributed by atoms with Crippen LogP contribution >= 0.6 is 0 Å². The predicted molar refractivity (Wildman–Crippen MR) is 103 cm³/mol. The van der Waals surface area contributed by atoms with E-state index >= 15 is 0 Å². The summed E-state index contributed by atoms with van der Waals surface area (Å²) in [5, 5.41) is 2.85. The number of carbonyl (C=O) groups is 1. The van der Waals surface area contributed by atoms with E-state index in [0.29, 0.717) is 44.8 Å². The zero-order valence-electron chi connectivity index (χ0n) is 16.3. The van der Waals surface area contributed by atoms with Crippen LogP contribution in [0.15, 0.2) is 29.2 Å². The highest BCUT2D eigenvalue weighted by Crippen LogP contribution is 2.32. The van der Waals surface area contributed by atoms with Crippen molar-refractivity contribution < 1.29 is 22.7 Å². The second kappa shape index (κ2) is 10.1. The fourth-order valence-electron chi connectivity index (χ4n) is 3.50. The molecule has 1 fully saturated rings. The van der Waals surface area contributed by atoms with Gasteiger partial charge in [0.15, 0.2) is 0 Å². The van der Waals surface area contributed by atoms with Gasteiger partial charge in [0, 0.05) is 33.2 Å². The number of amides is 1. The molecule has 0 saturated carbocycles. The summed E-state index contributed by atoms with van der Waals surface area (Å²) in [6.07, 6.45) is 1.95. The van der Waals surface area contributed by atoms with Crippen LogP contribution in [0.4, 0.5) is 0 Å². The predicted octanol–water partition coefficient (Wildman–Crippen LogP) is 1.88. The van der Waals surface area contributed by atoms with Crippen molar-refractivity contribution in [3.8, 4) is 5.75 Å². The van der Waals surface area contributed by atoms with Crippen LogP contribution in [0, 0.1) is 11.8 Å². The van der Waals surface area contributed by atoms with Crippen molar-refractivity contribution in [1.82, 2.24) is 9.62 Å². The second-order valence-corrected chi connectivity index (χ2v) is 8.74. The largest absolute Gasteiger partial charge is 0.497 e. The van der Waals surface area contributed by atoms with Crippen molar-refractivity contribution in [1.29, 1.82) is 0 Å². The molecule has 2 atom stereocenters. The molecule has 1 aromatic rings. The van der Waals surface area contributed by atoms with Gasteiger partial charge in [-0.05, 0) is 42.5 Å². The molecule has 1 heterocycles. The minimum absolute atomic E-state index is 0.00182. The molecule has 1 N–H and O–H groups in total. The van der Waals surface area contributed by atoms with Crippen LogP contribution in [0.1, 0.15) is 26.2 Å². The molecule has 1 saturated heterocycles. The van der Waals surface area contributed by atoms with Gasteiger partial charge in [-0.2, -0.15) is 4.31 Å². The number of nitrogens with zero attached hydrogens (tertiary/aromatic N) is 1. The summed E-state index contributed by atoms with van der Waals surface area (Å²) in [7, 11) is -0.396. The number of rotatable bonds is 9. The zero-order valence-corrected chi connectivity index (χ0v) is 17.1. The Balaban J connectivity index is 2.00. The van der Waals surface area contributed by atoms with Crippen LogP contribution in [0.2, 0.25) is 0 Å². The van der Waals surface area contributed by atoms with Crippen molar-refractivity contribution in [3.05, 3.63) is 24.3 Å². The molecule has 152 valence electrons. The zero-order chi connectivity index (χ0) is 19.9. The summed E-state index contributed by atoms with van der Waals surface area (Å²) in [5.74, 6) is 0.986. The van der Waals surface area contributed by atoms with Gasteiger partial charge in [-0.1, -0.05) is 13.3 Å². The first-order valence-electron chi connectivity index (χ1n) is 9.32. The topological polar surface area (TPSA) is 84.9 Å². The summed E-state index contributed by atoms with van der Waals surface area (Å²) in [4.78, 5) is 12.4. The number of nitrogens with one attached hydrogen (secondary N) is 1. The molecule has 0 aliphatic carbocycles. The quantitative estimate of drug-likeness (QED) is 0.642. The molecule has 0 radical (unpaired) electrons. The van der Waals surface area contributed by atoms with Crippen molar-refractivity contribution in [2.24, 2.45) is 11.8 Å². The van der Waals surface area contributed by atoms with E-state index in [2.05, 4.69) is 5.32 Å². The summed E-state index contributed by atoms with van der Waals surface area (Å²) >= 11 is 0. The highest BCUT2D eigenvalue weighted by molar-refractivity contribution is 7.89. The molecule has 0 bridgehead atoms. The summed E-state index contributed by atoms with van der Waals surface area (Å²) in [6, 6.07) is 6.46. The summed E-state index contributed by atoms with van der Waals surface area (Å²) in [5.41, 5.74) is 0. The first kappa shape index (κ1) is 21.7. The van der Waals surface area contributed by atoms with Gasteiger partial charge in [0.05, 0.1) is 18.6 Å². The molecule has 1 amide bonds. The van der Waals surface area contributed by atoms with Crippen molar-refractivity contribution in [2.75, 3.05) is 40.5 Å². The SMILES string of the molecule is CC[C@@H]1CN(S(=O)(=O)c2ccc(OC)cc2)CC[C@H]1CC(=O)NCCOC. The molecule has 1 aliphatic rings. The first-order valence-corrected chi connectivity index (χ1v) is 10.8. The normalized spacial score (nSPS) is 21.0. The van der Waals surface area contributed by atoms with E-state index in [4.69, 9.17) is 9.47 Å². The molecule has 0 aromatic heterocycles. The van der Waals surface area contributed by atoms with Gasteiger partial charge in [-0.25, -0.2) is 8.42 Å².